The zero-order valence-electron chi connectivity index (χ0n) is 10.5. The molecule has 0 atom stereocenters. The number of nitrogens with two attached hydrogens (primary N) is 1. The zero-order valence-corrected chi connectivity index (χ0v) is 12.1. The second kappa shape index (κ2) is 5.44. The third kappa shape index (κ3) is 2.96. The highest BCUT2D eigenvalue weighted by Crippen LogP contribution is 2.29. The van der Waals surface area contributed by atoms with Gasteiger partial charge in [0.2, 0.25) is 5.88 Å². The monoisotopic (exact) mass is 325 g/mol. The minimum atomic E-state index is -0.352. The van der Waals surface area contributed by atoms with E-state index in [1.54, 1.807) is 18.2 Å². The van der Waals surface area contributed by atoms with Gasteiger partial charge in [0.1, 0.15) is 5.82 Å². The fraction of sp³-hybridized carbons (Fsp3) is 0.154. The van der Waals surface area contributed by atoms with Crippen molar-refractivity contribution in [3.05, 3.63) is 40.1 Å². The SMILES string of the molecule is COc1ccc(N)c(Nc2cc(F)c(Br)cc2C)n1. The average molecular weight is 326 g/mol. The van der Waals surface area contributed by atoms with E-state index >= 15 is 0 Å². The minimum Gasteiger partial charge on any atom is -0.481 e. The van der Waals surface area contributed by atoms with Crippen molar-refractivity contribution >= 4 is 33.1 Å². The van der Waals surface area contributed by atoms with Crippen molar-refractivity contribution in [1.82, 2.24) is 4.98 Å². The molecule has 1 heterocycles. The maximum atomic E-state index is 13.5. The number of rotatable bonds is 3. The molecule has 2 aromatic rings. The van der Waals surface area contributed by atoms with Crippen LogP contribution >= 0.6 is 15.9 Å². The van der Waals surface area contributed by atoms with Crippen LogP contribution in [0.25, 0.3) is 0 Å². The molecule has 3 N–H and O–H groups in total. The second-order valence-electron chi connectivity index (χ2n) is 4.00. The number of anilines is 3. The van der Waals surface area contributed by atoms with E-state index < -0.39 is 0 Å². The van der Waals surface area contributed by atoms with Crippen LogP contribution in [0.5, 0.6) is 5.88 Å². The summed E-state index contributed by atoms with van der Waals surface area (Å²) in [5.41, 5.74) is 7.77. The highest BCUT2D eigenvalue weighted by molar-refractivity contribution is 9.10. The summed E-state index contributed by atoms with van der Waals surface area (Å²) in [6.07, 6.45) is 0. The molecule has 0 fully saturated rings. The standard InChI is InChI=1S/C13H13BrFN3O/c1-7-5-8(14)9(15)6-11(7)17-13-10(16)3-4-12(18-13)19-2/h3-6H,16H2,1-2H3,(H,17,18). The number of pyridine rings is 1. The van der Waals surface area contributed by atoms with E-state index in [-0.39, 0.29) is 5.82 Å². The van der Waals surface area contributed by atoms with Crippen molar-refractivity contribution in [3.8, 4) is 5.88 Å². The number of nitrogen functional groups attached to an aromatic ring is 1. The van der Waals surface area contributed by atoms with Crippen LogP contribution in [0, 0.1) is 12.7 Å². The van der Waals surface area contributed by atoms with Gasteiger partial charge in [-0.05, 0) is 46.6 Å². The van der Waals surface area contributed by atoms with Crippen LogP contribution < -0.4 is 15.8 Å². The molecular weight excluding hydrogens is 313 g/mol. The lowest BCUT2D eigenvalue weighted by molar-refractivity contribution is 0.398. The highest BCUT2D eigenvalue weighted by atomic mass is 79.9. The minimum absolute atomic E-state index is 0.352. The number of nitrogens with one attached hydrogen (secondary N) is 1. The molecule has 0 saturated carbocycles. The number of aryl methyl sites for hydroxylation is 1. The van der Waals surface area contributed by atoms with E-state index in [2.05, 4.69) is 26.2 Å². The Morgan fingerprint density at radius 3 is 2.79 bits per heavy atom. The van der Waals surface area contributed by atoms with Gasteiger partial charge >= 0.3 is 0 Å². The summed E-state index contributed by atoms with van der Waals surface area (Å²) in [7, 11) is 1.52. The van der Waals surface area contributed by atoms with Crippen LogP contribution in [0.15, 0.2) is 28.7 Å². The van der Waals surface area contributed by atoms with E-state index in [1.165, 1.54) is 13.2 Å². The van der Waals surface area contributed by atoms with Gasteiger partial charge in [-0.3, -0.25) is 0 Å². The van der Waals surface area contributed by atoms with E-state index in [1.807, 2.05) is 6.92 Å². The van der Waals surface area contributed by atoms with Crippen molar-refractivity contribution in [2.75, 3.05) is 18.2 Å². The molecule has 0 aliphatic rings. The molecular formula is C13H13BrFN3O. The van der Waals surface area contributed by atoms with Crippen LogP contribution in [0.3, 0.4) is 0 Å². The molecule has 0 amide bonds. The molecule has 100 valence electrons. The first-order valence-electron chi connectivity index (χ1n) is 5.54. The first kappa shape index (κ1) is 13.6. The van der Waals surface area contributed by atoms with Crippen molar-refractivity contribution in [2.45, 2.75) is 6.92 Å². The highest BCUT2D eigenvalue weighted by Gasteiger charge is 2.09. The quantitative estimate of drug-likeness (QED) is 0.904. The number of halogens is 2. The predicted octanol–water partition coefficient (Wildman–Crippen LogP) is 3.63. The van der Waals surface area contributed by atoms with Gasteiger partial charge in [0, 0.05) is 11.8 Å². The molecule has 0 radical (unpaired) electrons. The summed E-state index contributed by atoms with van der Waals surface area (Å²) in [5.74, 6) is 0.519. The lowest BCUT2D eigenvalue weighted by Crippen LogP contribution is -2.02. The number of hydrogen-bond acceptors (Lipinski definition) is 4. The maximum absolute atomic E-state index is 13.5. The Morgan fingerprint density at radius 2 is 2.11 bits per heavy atom. The third-order valence-electron chi connectivity index (χ3n) is 2.63. The molecule has 19 heavy (non-hydrogen) atoms. The Morgan fingerprint density at radius 1 is 1.37 bits per heavy atom. The molecule has 0 aliphatic carbocycles. The Balaban J connectivity index is 2.38. The summed E-state index contributed by atoms with van der Waals surface area (Å²) in [6, 6.07) is 6.42. The molecule has 2 rings (SSSR count). The van der Waals surface area contributed by atoms with Gasteiger partial charge in [-0.15, -0.1) is 0 Å². The van der Waals surface area contributed by atoms with Crippen molar-refractivity contribution < 1.29 is 9.13 Å². The van der Waals surface area contributed by atoms with Gasteiger partial charge in [0.15, 0.2) is 5.82 Å². The Bertz CT molecular complexity index is 619. The van der Waals surface area contributed by atoms with E-state index in [0.717, 1.165) is 5.56 Å². The number of nitrogens with zero attached hydrogens (tertiary/aromatic N) is 1. The molecule has 1 aromatic carbocycles. The fourth-order valence-corrected chi connectivity index (χ4v) is 2.03. The second-order valence-corrected chi connectivity index (χ2v) is 4.85. The lowest BCUT2D eigenvalue weighted by atomic mass is 10.2. The first-order chi connectivity index (χ1) is 9.01. The summed E-state index contributed by atoms with van der Waals surface area (Å²) < 4.78 is 19.0. The molecule has 0 aliphatic heterocycles. The Kier molecular flexibility index (Phi) is 3.90. The third-order valence-corrected chi connectivity index (χ3v) is 3.24. The number of methoxy groups -OCH3 is 1. The fourth-order valence-electron chi connectivity index (χ4n) is 1.57. The van der Waals surface area contributed by atoms with E-state index in [9.17, 15) is 4.39 Å². The number of benzene rings is 1. The van der Waals surface area contributed by atoms with Crippen LogP contribution in [-0.2, 0) is 0 Å². The van der Waals surface area contributed by atoms with Gasteiger partial charge < -0.3 is 15.8 Å². The van der Waals surface area contributed by atoms with Crippen LogP contribution in [0.4, 0.5) is 21.6 Å². The van der Waals surface area contributed by atoms with Crippen LogP contribution in [-0.4, -0.2) is 12.1 Å². The average Bonchev–Trinajstić information content (AvgIpc) is 2.38. The summed E-state index contributed by atoms with van der Waals surface area (Å²) in [4.78, 5) is 4.19. The van der Waals surface area contributed by atoms with Crippen molar-refractivity contribution in [1.29, 1.82) is 0 Å². The normalized spacial score (nSPS) is 10.3. The Hall–Kier alpha value is -1.82. The smallest absolute Gasteiger partial charge is 0.215 e. The van der Waals surface area contributed by atoms with Crippen molar-refractivity contribution in [2.24, 2.45) is 0 Å². The topological polar surface area (TPSA) is 60.2 Å². The van der Waals surface area contributed by atoms with E-state index in [0.29, 0.717) is 27.5 Å². The van der Waals surface area contributed by atoms with Gasteiger partial charge in [-0.1, -0.05) is 0 Å². The molecule has 0 saturated heterocycles. The largest absolute Gasteiger partial charge is 0.481 e. The number of aromatic nitrogens is 1. The summed E-state index contributed by atoms with van der Waals surface area (Å²) in [5, 5.41) is 3.01. The van der Waals surface area contributed by atoms with Crippen LogP contribution in [0.1, 0.15) is 5.56 Å². The molecule has 1 aromatic heterocycles. The number of hydrogen-bond donors (Lipinski definition) is 2. The maximum Gasteiger partial charge on any atom is 0.215 e. The van der Waals surface area contributed by atoms with Crippen molar-refractivity contribution in [3.63, 3.8) is 0 Å². The summed E-state index contributed by atoms with van der Waals surface area (Å²) >= 11 is 3.14. The van der Waals surface area contributed by atoms with Gasteiger partial charge in [0.05, 0.1) is 17.3 Å². The van der Waals surface area contributed by atoms with Gasteiger partial charge in [-0.25, -0.2) is 4.39 Å². The predicted molar refractivity (Wildman–Crippen MR) is 77.3 cm³/mol. The van der Waals surface area contributed by atoms with Gasteiger partial charge in [0.25, 0.3) is 0 Å². The summed E-state index contributed by atoms with van der Waals surface area (Å²) in [6.45, 7) is 1.86. The zero-order chi connectivity index (χ0) is 14.0. The first-order valence-corrected chi connectivity index (χ1v) is 6.33. The molecule has 0 unspecified atom stereocenters. The Labute approximate surface area is 118 Å². The molecule has 6 heteroatoms. The number of ether oxygens (including phenoxy) is 1. The molecule has 0 bridgehead atoms. The van der Waals surface area contributed by atoms with Gasteiger partial charge in [-0.2, -0.15) is 4.98 Å². The molecule has 4 nitrogen and oxygen atoms in total. The van der Waals surface area contributed by atoms with E-state index in [4.69, 9.17) is 10.5 Å². The molecule has 0 spiro atoms. The lowest BCUT2D eigenvalue weighted by Gasteiger charge is -2.12. The van der Waals surface area contributed by atoms with Crippen LogP contribution in [0.2, 0.25) is 0 Å².